The average molecular weight is 284 g/mol. The molecule has 2 aromatic rings. The van der Waals surface area contributed by atoms with E-state index in [1.165, 1.54) is 25.3 Å². The van der Waals surface area contributed by atoms with E-state index in [9.17, 15) is 8.78 Å². The molecule has 100 valence electrons. The fraction of sp³-hybridized carbons (Fsp3) is 0.143. The second-order valence-corrected chi connectivity index (χ2v) is 4.42. The molecule has 0 aliphatic heterocycles. The van der Waals surface area contributed by atoms with Gasteiger partial charge in [0.25, 0.3) is 0 Å². The summed E-state index contributed by atoms with van der Waals surface area (Å²) < 4.78 is 31.4. The molecular weight excluding hydrogens is 272 g/mol. The normalized spacial score (nSPS) is 10.3. The lowest BCUT2D eigenvalue weighted by molar-refractivity contribution is 0.386. The molecular formula is C14H12ClF2NO. The Balaban J connectivity index is 2.08. The highest BCUT2D eigenvalue weighted by molar-refractivity contribution is 6.30. The number of ether oxygens (including phenoxy) is 1. The molecule has 0 amide bonds. The first-order valence-corrected chi connectivity index (χ1v) is 5.98. The highest BCUT2D eigenvalue weighted by atomic mass is 35.5. The van der Waals surface area contributed by atoms with E-state index in [-0.39, 0.29) is 5.75 Å². The second kappa shape index (κ2) is 5.89. The summed E-state index contributed by atoms with van der Waals surface area (Å²) in [4.78, 5) is 0. The van der Waals surface area contributed by atoms with Crippen LogP contribution in [-0.2, 0) is 6.54 Å². The van der Waals surface area contributed by atoms with Crippen LogP contribution >= 0.6 is 11.6 Å². The van der Waals surface area contributed by atoms with E-state index in [2.05, 4.69) is 5.32 Å². The van der Waals surface area contributed by atoms with E-state index in [4.69, 9.17) is 16.3 Å². The highest BCUT2D eigenvalue weighted by Gasteiger charge is 2.04. The van der Waals surface area contributed by atoms with Gasteiger partial charge in [-0.15, -0.1) is 0 Å². The number of methoxy groups -OCH3 is 1. The molecule has 0 aromatic heterocycles. The fourth-order valence-electron chi connectivity index (χ4n) is 1.68. The molecule has 2 nitrogen and oxygen atoms in total. The minimum absolute atomic E-state index is 0.192. The molecule has 2 aromatic carbocycles. The second-order valence-electron chi connectivity index (χ2n) is 3.98. The summed E-state index contributed by atoms with van der Waals surface area (Å²) >= 11 is 5.74. The van der Waals surface area contributed by atoms with Crippen molar-refractivity contribution in [1.29, 1.82) is 0 Å². The molecule has 19 heavy (non-hydrogen) atoms. The van der Waals surface area contributed by atoms with Crippen molar-refractivity contribution in [3.8, 4) is 5.75 Å². The lowest BCUT2D eigenvalue weighted by Crippen LogP contribution is -2.01. The van der Waals surface area contributed by atoms with E-state index in [0.717, 1.165) is 5.56 Å². The van der Waals surface area contributed by atoms with Crippen LogP contribution in [0.15, 0.2) is 36.4 Å². The van der Waals surface area contributed by atoms with Crippen molar-refractivity contribution < 1.29 is 13.5 Å². The van der Waals surface area contributed by atoms with Crippen molar-refractivity contribution in [1.82, 2.24) is 0 Å². The third-order valence-corrected chi connectivity index (χ3v) is 2.79. The molecule has 0 aliphatic carbocycles. The lowest BCUT2D eigenvalue weighted by Gasteiger charge is -2.08. The Kier molecular flexibility index (Phi) is 4.22. The minimum Gasteiger partial charge on any atom is -0.494 e. The first kappa shape index (κ1) is 13.6. The smallest absolute Gasteiger partial charge is 0.165 e. The number of halogens is 3. The maximum Gasteiger partial charge on any atom is 0.165 e. The summed E-state index contributed by atoms with van der Waals surface area (Å²) in [6.07, 6.45) is 0. The van der Waals surface area contributed by atoms with Gasteiger partial charge >= 0.3 is 0 Å². The summed E-state index contributed by atoms with van der Waals surface area (Å²) in [5.41, 5.74) is 1.26. The van der Waals surface area contributed by atoms with Crippen LogP contribution in [0.25, 0.3) is 0 Å². The van der Waals surface area contributed by atoms with Gasteiger partial charge in [-0.3, -0.25) is 0 Å². The van der Waals surface area contributed by atoms with Gasteiger partial charge in [-0.2, -0.15) is 0 Å². The summed E-state index contributed by atoms with van der Waals surface area (Å²) in [5, 5.41) is 3.28. The lowest BCUT2D eigenvalue weighted by atomic mass is 10.2. The van der Waals surface area contributed by atoms with Gasteiger partial charge in [0, 0.05) is 17.3 Å². The summed E-state index contributed by atoms with van der Waals surface area (Å²) in [6.45, 7) is 0.362. The SMILES string of the molecule is COc1ccc(CNc2cc(F)cc(Cl)c2)cc1F. The summed E-state index contributed by atoms with van der Waals surface area (Å²) in [6, 6.07) is 8.80. The molecule has 0 unspecified atom stereocenters. The quantitative estimate of drug-likeness (QED) is 0.906. The number of hydrogen-bond donors (Lipinski definition) is 1. The zero-order valence-electron chi connectivity index (χ0n) is 10.2. The molecule has 0 heterocycles. The van der Waals surface area contributed by atoms with Gasteiger partial charge in [-0.05, 0) is 35.9 Å². The van der Waals surface area contributed by atoms with Crippen molar-refractivity contribution in [3.05, 3.63) is 58.6 Å². The Morgan fingerprint density at radius 3 is 2.58 bits per heavy atom. The van der Waals surface area contributed by atoms with Crippen LogP contribution in [0, 0.1) is 11.6 Å². The maximum absolute atomic E-state index is 13.5. The van der Waals surface area contributed by atoms with Crippen LogP contribution < -0.4 is 10.1 Å². The molecule has 0 radical (unpaired) electrons. The van der Waals surface area contributed by atoms with Crippen LogP contribution in [0.5, 0.6) is 5.75 Å². The molecule has 0 aliphatic rings. The molecule has 0 atom stereocenters. The number of hydrogen-bond acceptors (Lipinski definition) is 2. The van der Waals surface area contributed by atoms with Crippen molar-refractivity contribution in [2.24, 2.45) is 0 Å². The Hall–Kier alpha value is -1.81. The van der Waals surface area contributed by atoms with E-state index in [1.54, 1.807) is 18.2 Å². The van der Waals surface area contributed by atoms with E-state index in [0.29, 0.717) is 17.3 Å². The van der Waals surface area contributed by atoms with E-state index >= 15 is 0 Å². The Morgan fingerprint density at radius 2 is 1.95 bits per heavy atom. The average Bonchev–Trinajstić information content (AvgIpc) is 2.35. The topological polar surface area (TPSA) is 21.3 Å². The largest absolute Gasteiger partial charge is 0.494 e. The van der Waals surface area contributed by atoms with Crippen molar-refractivity contribution >= 4 is 17.3 Å². The maximum atomic E-state index is 13.5. The molecule has 1 N–H and O–H groups in total. The van der Waals surface area contributed by atoms with Crippen molar-refractivity contribution in [3.63, 3.8) is 0 Å². The van der Waals surface area contributed by atoms with Gasteiger partial charge in [-0.1, -0.05) is 17.7 Å². The Bertz CT molecular complexity index is 569. The van der Waals surface area contributed by atoms with Crippen LogP contribution in [0.4, 0.5) is 14.5 Å². The standard InChI is InChI=1S/C14H12ClF2NO/c1-19-14-3-2-9(4-13(14)17)8-18-12-6-10(15)5-11(16)7-12/h2-7,18H,8H2,1H3. The molecule has 2 rings (SSSR count). The monoisotopic (exact) mass is 283 g/mol. The number of rotatable bonds is 4. The van der Waals surface area contributed by atoms with Crippen LogP contribution in [0.3, 0.4) is 0 Å². The van der Waals surface area contributed by atoms with Crippen molar-refractivity contribution in [2.75, 3.05) is 12.4 Å². The first-order valence-electron chi connectivity index (χ1n) is 5.61. The molecule has 0 saturated carbocycles. The summed E-state index contributed by atoms with van der Waals surface area (Å²) in [5.74, 6) is -0.660. The van der Waals surface area contributed by atoms with Crippen LogP contribution in [-0.4, -0.2) is 7.11 Å². The molecule has 5 heteroatoms. The molecule has 0 spiro atoms. The molecule has 0 fully saturated rings. The van der Waals surface area contributed by atoms with Gasteiger partial charge in [0.1, 0.15) is 5.82 Å². The Morgan fingerprint density at radius 1 is 1.16 bits per heavy atom. The predicted octanol–water partition coefficient (Wildman–Crippen LogP) is 4.24. The zero-order valence-corrected chi connectivity index (χ0v) is 11.0. The van der Waals surface area contributed by atoms with Crippen molar-refractivity contribution in [2.45, 2.75) is 6.54 Å². The molecule has 0 saturated heterocycles. The zero-order chi connectivity index (χ0) is 13.8. The van der Waals surface area contributed by atoms with Gasteiger partial charge in [0.15, 0.2) is 11.6 Å². The molecule has 0 bridgehead atoms. The Labute approximate surface area is 115 Å². The predicted molar refractivity (Wildman–Crippen MR) is 71.7 cm³/mol. The number of benzene rings is 2. The van der Waals surface area contributed by atoms with Crippen LogP contribution in [0.2, 0.25) is 5.02 Å². The first-order chi connectivity index (χ1) is 9.08. The van der Waals surface area contributed by atoms with Gasteiger partial charge in [-0.25, -0.2) is 8.78 Å². The third kappa shape index (κ3) is 3.58. The van der Waals surface area contributed by atoms with E-state index in [1.807, 2.05) is 0 Å². The minimum atomic E-state index is -0.431. The number of nitrogens with one attached hydrogen (secondary N) is 1. The number of anilines is 1. The van der Waals surface area contributed by atoms with E-state index < -0.39 is 11.6 Å². The summed E-state index contributed by atoms with van der Waals surface area (Å²) in [7, 11) is 1.41. The van der Waals surface area contributed by atoms with Crippen LogP contribution in [0.1, 0.15) is 5.56 Å². The van der Waals surface area contributed by atoms with Gasteiger partial charge in [0.2, 0.25) is 0 Å². The highest BCUT2D eigenvalue weighted by Crippen LogP contribution is 2.21. The van der Waals surface area contributed by atoms with Gasteiger partial charge < -0.3 is 10.1 Å². The van der Waals surface area contributed by atoms with Gasteiger partial charge in [0.05, 0.1) is 7.11 Å². The third-order valence-electron chi connectivity index (χ3n) is 2.58. The fourth-order valence-corrected chi connectivity index (χ4v) is 1.90.